The number of rotatable bonds is 8. The summed E-state index contributed by atoms with van der Waals surface area (Å²) in [6, 6.07) is 22.9. The van der Waals surface area contributed by atoms with Gasteiger partial charge >= 0.3 is 0 Å². The van der Waals surface area contributed by atoms with Gasteiger partial charge in [-0.15, -0.1) is 11.8 Å². The molecule has 1 aliphatic rings. The maximum absolute atomic E-state index is 12.8. The first-order valence-electron chi connectivity index (χ1n) is 11.2. The van der Waals surface area contributed by atoms with Crippen molar-refractivity contribution >= 4 is 35.0 Å². The molecule has 33 heavy (non-hydrogen) atoms. The molecule has 0 radical (unpaired) electrons. The molecule has 1 atom stereocenters. The number of anilines is 2. The second-order valence-corrected chi connectivity index (χ2v) is 9.14. The normalized spacial score (nSPS) is 15.5. The molecule has 3 aromatic carbocycles. The first-order chi connectivity index (χ1) is 16.0. The molecule has 0 saturated carbocycles. The van der Waals surface area contributed by atoms with E-state index in [2.05, 4.69) is 12.2 Å². The van der Waals surface area contributed by atoms with Gasteiger partial charge in [-0.05, 0) is 73.0 Å². The van der Waals surface area contributed by atoms with Crippen molar-refractivity contribution in [1.82, 2.24) is 0 Å². The van der Waals surface area contributed by atoms with Crippen LogP contribution in [-0.2, 0) is 4.79 Å². The van der Waals surface area contributed by atoms with Crippen molar-refractivity contribution in [2.75, 3.05) is 22.6 Å². The molecule has 1 aliphatic heterocycles. The van der Waals surface area contributed by atoms with E-state index in [1.807, 2.05) is 72.5 Å². The third-order valence-electron chi connectivity index (χ3n) is 5.46. The van der Waals surface area contributed by atoms with Gasteiger partial charge in [0.1, 0.15) is 11.1 Å². The van der Waals surface area contributed by atoms with Crippen LogP contribution in [-0.4, -0.2) is 24.2 Å². The summed E-state index contributed by atoms with van der Waals surface area (Å²) in [7, 11) is 0. The van der Waals surface area contributed by atoms with Crippen molar-refractivity contribution in [2.45, 2.75) is 32.1 Å². The molecule has 0 aliphatic carbocycles. The Kier molecular flexibility index (Phi) is 7.35. The van der Waals surface area contributed by atoms with Gasteiger partial charge in [0.2, 0.25) is 5.91 Å². The topological polar surface area (TPSA) is 58.6 Å². The minimum atomic E-state index is -0.182. The Hall–Kier alpha value is -3.25. The highest BCUT2D eigenvalue weighted by molar-refractivity contribution is 8.00. The molecule has 0 unspecified atom stereocenters. The quantitative estimate of drug-likeness (QED) is 0.406. The molecule has 2 amide bonds. The van der Waals surface area contributed by atoms with E-state index in [0.29, 0.717) is 23.6 Å². The standard InChI is InChI=1S/C27H28N2O3S/c1-3-4-15-32-24-13-11-20(12-14-24)26(31)28-22-9-6-8-21(17-22)27-29(25(30)18-33-27)23-10-5-7-19(2)16-23/h5-14,16-17,27H,3-4,15,18H2,1-2H3,(H,28,31)/t27-/m0/s1. The first kappa shape index (κ1) is 22.9. The number of hydrogen-bond acceptors (Lipinski definition) is 4. The van der Waals surface area contributed by atoms with Crippen molar-refractivity contribution in [3.05, 3.63) is 89.5 Å². The summed E-state index contributed by atoms with van der Waals surface area (Å²) in [5.74, 6) is 1.10. The van der Waals surface area contributed by atoms with Gasteiger partial charge in [-0.1, -0.05) is 37.6 Å². The zero-order valence-corrected chi connectivity index (χ0v) is 19.7. The Labute approximate surface area is 199 Å². The predicted octanol–water partition coefficient (Wildman–Crippen LogP) is 6.20. The zero-order valence-electron chi connectivity index (χ0n) is 18.9. The fraction of sp³-hybridized carbons (Fsp3) is 0.259. The van der Waals surface area contributed by atoms with Crippen LogP contribution in [0.2, 0.25) is 0 Å². The maximum atomic E-state index is 12.8. The van der Waals surface area contributed by atoms with E-state index in [4.69, 9.17) is 4.74 Å². The predicted molar refractivity (Wildman–Crippen MR) is 135 cm³/mol. The van der Waals surface area contributed by atoms with E-state index in [-0.39, 0.29) is 17.2 Å². The first-order valence-corrected chi connectivity index (χ1v) is 12.2. The Bertz CT molecular complexity index is 1130. The summed E-state index contributed by atoms with van der Waals surface area (Å²) in [6.07, 6.45) is 2.08. The van der Waals surface area contributed by atoms with Crippen LogP contribution < -0.4 is 15.0 Å². The van der Waals surface area contributed by atoms with Crippen LogP contribution in [0.5, 0.6) is 5.75 Å². The summed E-state index contributed by atoms with van der Waals surface area (Å²) in [5, 5.41) is 2.85. The lowest BCUT2D eigenvalue weighted by Gasteiger charge is -2.25. The van der Waals surface area contributed by atoms with Gasteiger partial charge < -0.3 is 10.1 Å². The highest BCUT2D eigenvalue weighted by Gasteiger charge is 2.34. The molecule has 3 aromatic rings. The Morgan fingerprint density at radius 2 is 1.88 bits per heavy atom. The Morgan fingerprint density at radius 3 is 2.64 bits per heavy atom. The van der Waals surface area contributed by atoms with Crippen LogP contribution >= 0.6 is 11.8 Å². The van der Waals surface area contributed by atoms with Crippen LogP contribution in [0, 0.1) is 6.92 Å². The van der Waals surface area contributed by atoms with Crippen LogP contribution in [0.1, 0.15) is 46.6 Å². The number of nitrogens with one attached hydrogen (secondary N) is 1. The van der Waals surface area contributed by atoms with E-state index >= 15 is 0 Å². The number of thioether (sulfide) groups is 1. The van der Waals surface area contributed by atoms with Crippen LogP contribution in [0.3, 0.4) is 0 Å². The lowest BCUT2D eigenvalue weighted by molar-refractivity contribution is -0.115. The number of nitrogens with zero attached hydrogens (tertiary/aromatic N) is 1. The molecule has 1 heterocycles. The Balaban J connectivity index is 1.47. The van der Waals surface area contributed by atoms with Crippen molar-refractivity contribution in [3.63, 3.8) is 0 Å². The number of amides is 2. The number of hydrogen-bond donors (Lipinski definition) is 1. The number of carbonyl (C=O) groups excluding carboxylic acids is 2. The molecule has 1 fully saturated rings. The summed E-state index contributed by atoms with van der Waals surface area (Å²) in [6.45, 7) is 4.82. The average molecular weight is 461 g/mol. The second-order valence-electron chi connectivity index (χ2n) is 8.07. The fourth-order valence-corrected chi connectivity index (χ4v) is 4.90. The number of unbranched alkanes of at least 4 members (excludes halogenated alkanes) is 1. The molecule has 6 heteroatoms. The van der Waals surface area contributed by atoms with Crippen LogP contribution in [0.25, 0.3) is 0 Å². The SMILES string of the molecule is CCCCOc1ccc(C(=O)Nc2cccc([C@@H]3SCC(=O)N3c3cccc(C)c3)c2)cc1. The molecule has 4 rings (SSSR count). The van der Waals surface area contributed by atoms with E-state index in [9.17, 15) is 9.59 Å². The van der Waals surface area contributed by atoms with Crippen molar-refractivity contribution < 1.29 is 14.3 Å². The van der Waals surface area contributed by atoms with E-state index in [1.165, 1.54) is 0 Å². The maximum Gasteiger partial charge on any atom is 0.255 e. The van der Waals surface area contributed by atoms with Crippen molar-refractivity contribution in [1.29, 1.82) is 0 Å². The summed E-state index contributed by atoms with van der Waals surface area (Å²) < 4.78 is 5.67. The summed E-state index contributed by atoms with van der Waals surface area (Å²) in [4.78, 5) is 27.3. The molecular weight excluding hydrogens is 432 g/mol. The summed E-state index contributed by atoms with van der Waals surface area (Å²) >= 11 is 1.60. The van der Waals surface area contributed by atoms with Gasteiger partial charge in [-0.25, -0.2) is 0 Å². The molecule has 0 aromatic heterocycles. The largest absolute Gasteiger partial charge is 0.494 e. The number of aryl methyl sites for hydroxylation is 1. The summed E-state index contributed by atoms with van der Waals surface area (Å²) in [5.41, 5.74) is 4.24. The van der Waals surface area contributed by atoms with Gasteiger partial charge in [-0.2, -0.15) is 0 Å². The van der Waals surface area contributed by atoms with Gasteiger partial charge in [0.05, 0.1) is 12.4 Å². The molecule has 1 N–H and O–H groups in total. The Morgan fingerprint density at radius 1 is 1.09 bits per heavy atom. The molecule has 0 spiro atoms. The van der Waals surface area contributed by atoms with E-state index in [0.717, 1.165) is 35.4 Å². The molecule has 170 valence electrons. The lowest BCUT2D eigenvalue weighted by Crippen LogP contribution is -2.27. The molecule has 5 nitrogen and oxygen atoms in total. The lowest BCUT2D eigenvalue weighted by atomic mass is 10.1. The highest BCUT2D eigenvalue weighted by atomic mass is 32.2. The third kappa shape index (κ3) is 5.57. The number of carbonyl (C=O) groups is 2. The van der Waals surface area contributed by atoms with E-state index in [1.54, 1.807) is 23.9 Å². The van der Waals surface area contributed by atoms with Gasteiger partial charge in [0.25, 0.3) is 5.91 Å². The number of benzene rings is 3. The molecule has 1 saturated heterocycles. The minimum Gasteiger partial charge on any atom is -0.494 e. The van der Waals surface area contributed by atoms with Gasteiger partial charge in [-0.3, -0.25) is 14.5 Å². The average Bonchev–Trinajstić information content (AvgIpc) is 3.21. The monoisotopic (exact) mass is 460 g/mol. The minimum absolute atomic E-state index is 0.0892. The highest BCUT2D eigenvalue weighted by Crippen LogP contribution is 2.42. The van der Waals surface area contributed by atoms with Gasteiger partial charge in [0.15, 0.2) is 0 Å². The second kappa shape index (κ2) is 10.6. The van der Waals surface area contributed by atoms with Crippen LogP contribution in [0.15, 0.2) is 72.8 Å². The third-order valence-corrected chi connectivity index (χ3v) is 6.67. The zero-order chi connectivity index (χ0) is 23.2. The number of ether oxygens (including phenoxy) is 1. The molecule has 0 bridgehead atoms. The van der Waals surface area contributed by atoms with Crippen molar-refractivity contribution in [3.8, 4) is 5.75 Å². The van der Waals surface area contributed by atoms with Crippen molar-refractivity contribution in [2.24, 2.45) is 0 Å². The smallest absolute Gasteiger partial charge is 0.255 e. The van der Waals surface area contributed by atoms with E-state index < -0.39 is 0 Å². The van der Waals surface area contributed by atoms with Crippen LogP contribution in [0.4, 0.5) is 11.4 Å². The van der Waals surface area contributed by atoms with Gasteiger partial charge in [0, 0.05) is 16.9 Å². The molecular formula is C27H28N2O3S. The fourth-order valence-electron chi connectivity index (χ4n) is 3.74.